The van der Waals surface area contributed by atoms with Gasteiger partial charge in [-0.25, -0.2) is 0 Å². The van der Waals surface area contributed by atoms with Crippen LogP contribution in [0.25, 0.3) is 10.8 Å². The lowest BCUT2D eigenvalue weighted by Crippen LogP contribution is -2.39. The highest BCUT2D eigenvalue weighted by Crippen LogP contribution is 2.22. The molecule has 0 radical (unpaired) electrons. The summed E-state index contributed by atoms with van der Waals surface area (Å²) < 4.78 is 5.24. The molecule has 0 saturated heterocycles. The van der Waals surface area contributed by atoms with Gasteiger partial charge >= 0.3 is 0 Å². The van der Waals surface area contributed by atoms with Gasteiger partial charge in [0.15, 0.2) is 0 Å². The van der Waals surface area contributed by atoms with Crippen LogP contribution in [0.15, 0.2) is 36.4 Å². The second kappa shape index (κ2) is 6.92. The molecule has 0 bridgehead atoms. The van der Waals surface area contributed by atoms with Gasteiger partial charge in [0, 0.05) is 13.1 Å². The number of hydrogen-bond acceptors (Lipinski definition) is 3. The van der Waals surface area contributed by atoms with E-state index in [0.29, 0.717) is 6.54 Å². The van der Waals surface area contributed by atoms with Gasteiger partial charge in [0.2, 0.25) is 0 Å². The quantitative estimate of drug-likeness (QED) is 0.819. The highest BCUT2D eigenvalue weighted by atomic mass is 16.5. The molecule has 2 rings (SSSR count). The number of aliphatic hydroxyl groups is 1. The highest BCUT2D eigenvalue weighted by Gasteiger charge is 2.20. The van der Waals surface area contributed by atoms with E-state index in [4.69, 9.17) is 4.74 Å². The minimum Gasteiger partial charge on any atom is -0.497 e. The first-order valence-electron chi connectivity index (χ1n) is 7.60. The Hall–Kier alpha value is -1.58. The summed E-state index contributed by atoms with van der Waals surface area (Å²) in [5.41, 5.74) is 0.631. The SMILES string of the molecule is CCC(O)(CC)CNCc1ccc2cc(OC)ccc2c1. The Kier molecular flexibility index (Phi) is 5.21. The third kappa shape index (κ3) is 3.96. The molecule has 0 aromatic heterocycles. The molecule has 0 heterocycles. The highest BCUT2D eigenvalue weighted by molar-refractivity contribution is 5.84. The van der Waals surface area contributed by atoms with Crippen molar-refractivity contribution in [3.05, 3.63) is 42.0 Å². The molecule has 0 fully saturated rings. The van der Waals surface area contributed by atoms with E-state index in [1.807, 2.05) is 26.0 Å². The average molecular weight is 287 g/mol. The Morgan fingerprint density at radius 3 is 2.38 bits per heavy atom. The summed E-state index contributed by atoms with van der Waals surface area (Å²) in [5, 5.41) is 16.0. The maximum absolute atomic E-state index is 10.3. The van der Waals surface area contributed by atoms with Crippen LogP contribution in [0.1, 0.15) is 32.3 Å². The minimum atomic E-state index is -0.593. The van der Waals surface area contributed by atoms with E-state index in [1.165, 1.54) is 16.3 Å². The van der Waals surface area contributed by atoms with Crippen LogP contribution in [0.5, 0.6) is 5.75 Å². The number of ether oxygens (including phenoxy) is 1. The van der Waals surface area contributed by atoms with E-state index in [2.05, 4.69) is 29.6 Å². The molecule has 3 nitrogen and oxygen atoms in total. The van der Waals surface area contributed by atoms with Gasteiger partial charge in [-0.2, -0.15) is 0 Å². The molecule has 2 aromatic carbocycles. The van der Waals surface area contributed by atoms with E-state index >= 15 is 0 Å². The van der Waals surface area contributed by atoms with Crippen LogP contribution in [-0.2, 0) is 6.54 Å². The molecule has 3 heteroatoms. The number of nitrogens with one attached hydrogen (secondary N) is 1. The summed E-state index contributed by atoms with van der Waals surface area (Å²) in [4.78, 5) is 0. The summed E-state index contributed by atoms with van der Waals surface area (Å²) >= 11 is 0. The summed E-state index contributed by atoms with van der Waals surface area (Å²) in [6, 6.07) is 12.5. The van der Waals surface area contributed by atoms with Crippen molar-refractivity contribution in [3.8, 4) is 5.75 Å². The van der Waals surface area contributed by atoms with E-state index < -0.39 is 5.60 Å². The topological polar surface area (TPSA) is 41.5 Å². The number of hydrogen-bond donors (Lipinski definition) is 2. The zero-order valence-electron chi connectivity index (χ0n) is 13.1. The predicted octanol–water partition coefficient (Wildman–Crippen LogP) is 3.49. The first-order chi connectivity index (χ1) is 10.1. The zero-order chi connectivity index (χ0) is 15.3. The molecule has 21 heavy (non-hydrogen) atoms. The molecule has 0 atom stereocenters. The second-order valence-electron chi connectivity index (χ2n) is 5.58. The summed E-state index contributed by atoms with van der Waals surface area (Å²) in [7, 11) is 1.68. The molecule has 0 amide bonds. The summed E-state index contributed by atoms with van der Waals surface area (Å²) in [6.45, 7) is 5.44. The maximum atomic E-state index is 10.3. The van der Waals surface area contributed by atoms with Crippen LogP contribution in [0.3, 0.4) is 0 Å². The van der Waals surface area contributed by atoms with E-state index in [-0.39, 0.29) is 0 Å². The van der Waals surface area contributed by atoms with Crippen LogP contribution in [0.4, 0.5) is 0 Å². The molecule has 114 valence electrons. The van der Waals surface area contributed by atoms with Gasteiger partial charge in [0.05, 0.1) is 12.7 Å². The van der Waals surface area contributed by atoms with Gasteiger partial charge < -0.3 is 15.2 Å². The van der Waals surface area contributed by atoms with Crippen LogP contribution < -0.4 is 10.1 Å². The fourth-order valence-electron chi connectivity index (χ4n) is 2.45. The molecular weight excluding hydrogens is 262 g/mol. The Morgan fingerprint density at radius 1 is 1.05 bits per heavy atom. The monoisotopic (exact) mass is 287 g/mol. The fraction of sp³-hybridized carbons (Fsp3) is 0.444. The Balaban J connectivity index is 2.03. The lowest BCUT2D eigenvalue weighted by molar-refractivity contribution is 0.0323. The molecule has 0 aliphatic carbocycles. The Labute approximate surface area is 126 Å². The van der Waals surface area contributed by atoms with Crippen molar-refractivity contribution in [1.29, 1.82) is 0 Å². The molecule has 0 aliphatic rings. The first-order valence-corrected chi connectivity index (χ1v) is 7.60. The molecular formula is C18H25NO2. The number of fused-ring (bicyclic) bond motifs is 1. The third-order valence-corrected chi connectivity index (χ3v) is 4.21. The average Bonchev–Trinajstić information content (AvgIpc) is 2.54. The Bertz CT molecular complexity index is 591. The molecule has 2 N–H and O–H groups in total. The normalized spacial score (nSPS) is 11.8. The van der Waals surface area contributed by atoms with Crippen molar-refractivity contribution in [2.24, 2.45) is 0 Å². The smallest absolute Gasteiger partial charge is 0.119 e. The van der Waals surface area contributed by atoms with Crippen molar-refractivity contribution >= 4 is 10.8 Å². The molecule has 0 spiro atoms. The van der Waals surface area contributed by atoms with Crippen molar-refractivity contribution < 1.29 is 9.84 Å². The third-order valence-electron chi connectivity index (χ3n) is 4.21. The van der Waals surface area contributed by atoms with Gasteiger partial charge in [-0.15, -0.1) is 0 Å². The van der Waals surface area contributed by atoms with Crippen LogP contribution >= 0.6 is 0 Å². The zero-order valence-corrected chi connectivity index (χ0v) is 13.1. The minimum absolute atomic E-state index is 0.593. The van der Waals surface area contributed by atoms with Crippen molar-refractivity contribution in [2.45, 2.75) is 38.8 Å². The van der Waals surface area contributed by atoms with Crippen LogP contribution in [0, 0.1) is 0 Å². The predicted molar refractivity (Wildman–Crippen MR) is 87.7 cm³/mol. The van der Waals surface area contributed by atoms with Gasteiger partial charge in [-0.3, -0.25) is 0 Å². The number of rotatable bonds is 7. The first kappa shape index (κ1) is 15.8. The largest absolute Gasteiger partial charge is 0.497 e. The van der Waals surface area contributed by atoms with Crippen molar-refractivity contribution in [1.82, 2.24) is 5.32 Å². The van der Waals surface area contributed by atoms with Gasteiger partial charge in [-0.05, 0) is 47.4 Å². The fourth-order valence-corrected chi connectivity index (χ4v) is 2.45. The molecule has 0 unspecified atom stereocenters. The Morgan fingerprint density at radius 2 is 1.71 bits per heavy atom. The van der Waals surface area contributed by atoms with E-state index in [0.717, 1.165) is 25.1 Å². The lowest BCUT2D eigenvalue weighted by atomic mass is 9.97. The number of benzene rings is 2. The van der Waals surface area contributed by atoms with Gasteiger partial charge in [-0.1, -0.05) is 32.0 Å². The molecule has 0 saturated carbocycles. The van der Waals surface area contributed by atoms with Crippen molar-refractivity contribution in [2.75, 3.05) is 13.7 Å². The van der Waals surface area contributed by atoms with Crippen LogP contribution in [0.2, 0.25) is 0 Å². The summed E-state index contributed by atoms with van der Waals surface area (Å²) in [5.74, 6) is 0.879. The standard InChI is InChI=1S/C18H25NO2/c1-4-18(20,5-2)13-19-12-14-6-7-16-11-17(21-3)9-8-15(16)10-14/h6-11,19-20H,4-5,12-13H2,1-3H3. The maximum Gasteiger partial charge on any atom is 0.119 e. The number of methoxy groups -OCH3 is 1. The molecule has 2 aromatic rings. The second-order valence-corrected chi connectivity index (χ2v) is 5.58. The van der Waals surface area contributed by atoms with Crippen molar-refractivity contribution in [3.63, 3.8) is 0 Å². The van der Waals surface area contributed by atoms with E-state index in [9.17, 15) is 5.11 Å². The van der Waals surface area contributed by atoms with Gasteiger partial charge in [0.25, 0.3) is 0 Å². The summed E-state index contributed by atoms with van der Waals surface area (Å²) in [6.07, 6.45) is 1.54. The van der Waals surface area contributed by atoms with Crippen LogP contribution in [-0.4, -0.2) is 24.4 Å². The van der Waals surface area contributed by atoms with E-state index in [1.54, 1.807) is 7.11 Å². The van der Waals surface area contributed by atoms with Gasteiger partial charge in [0.1, 0.15) is 5.75 Å². The molecule has 0 aliphatic heterocycles. The lowest BCUT2D eigenvalue weighted by Gasteiger charge is -2.25.